The standard InChI is InChI=1S/C16H19N5O2/c1-20(2)14-9-18-10-15(19-14)23-13-5-8-21(11-13)16(22)12-3-6-17-7-4-12/h3-4,6-7,9-10,13H,5,8,11H2,1-2H3. The number of ether oxygens (including phenoxy) is 1. The third-order valence-electron chi connectivity index (χ3n) is 3.70. The number of likely N-dealkylation sites (tertiary alicyclic amines) is 1. The van der Waals surface area contributed by atoms with Gasteiger partial charge in [0, 0.05) is 45.0 Å². The van der Waals surface area contributed by atoms with E-state index in [0.717, 1.165) is 12.2 Å². The molecule has 3 rings (SSSR count). The van der Waals surface area contributed by atoms with E-state index in [1.165, 1.54) is 0 Å². The van der Waals surface area contributed by atoms with Crippen molar-refractivity contribution in [3.8, 4) is 5.88 Å². The van der Waals surface area contributed by atoms with Gasteiger partial charge in [-0.1, -0.05) is 0 Å². The van der Waals surface area contributed by atoms with Gasteiger partial charge < -0.3 is 14.5 Å². The summed E-state index contributed by atoms with van der Waals surface area (Å²) < 4.78 is 5.88. The highest BCUT2D eigenvalue weighted by atomic mass is 16.5. The van der Waals surface area contributed by atoms with E-state index in [2.05, 4.69) is 15.0 Å². The highest BCUT2D eigenvalue weighted by Crippen LogP contribution is 2.19. The Kier molecular flexibility index (Phi) is 4.36. The van der Waals surface area contributed by atoms with Crippen LogP contribution < -0.4 is 9.64 Å². The Morgan fingerprint density at radius 2 is 2.04 bits per heavy atom. The lowest BCUT2D eigenvalue weighted by molar-refractivity contribution is 0.0771. The Morgan fingerprint density at radius 1 is 1.26 bits per heavy atom. The Hall–Kier alpha value is -2.70. The first kappa shape index (κ1) is 15.2. The number of amides is 1. The second kappa shape index (κ2) is 6.60. The van der Waals surface area contributed by atoms with Gasteiger partial charge in [-0.2, -0.15) is 4.98 Å². The molecule has 1 saturated heterocycles. The minimum Gasteiger partial charge on any atom is -0.471 e. The van der Waals surface area contributed by atoms with Gasteiger partial charge in [0.1, 0.15) is 6.10 Å². The van der Waals surface area contributed by atoms with Crippen molar-refractivity contribution in [2.24, 2.45) is 0 Å². The van der Waals surface area contributed by atoms with Crippen LogP contribution in [0.5, 0.6) is 5.88 Å². The molecule has 1 aliphatic heterocycles. The highest BCUT2D eigenvalue weighted by Gasteiger charge is 2.28. The van der Waals surface area contributed by atoms with Crippen molar-refractivity contribution in [3.05, 3.63) is 42.5 Å². The van der Waals surface area contributed by atoms with Crippen LogP contribution in [0.4, 0.5) is 5.82 Å². The van der Waals surface area contributed by atoms with Crippen LogP contribution in [0.3, 0.4) is 0 Å². The average Bonchev–Trinajstić information content (AvgIpc) is 3.03. The fraction of sp³-hybridized carbons (Fsp3) is 0.375. The molecule has 1 fully saturated rings. The molecule has 1 atom stereocenters. The van der Waals surface area contributed by atoms with Crippen LogP contribution in [0.1, 0.15) is 16.8 Å². The molecule has 0 radical (unpaired) electrons. The minimum absolute atomic E-state index is 0.00614. The van der Waals surface area contributed by atoms with Crippen LogP contribution in [0.15, 0.2) is 36.9 Å². The van der Waals surface area contributed by atoms with E-state index in [9.17, 15) is 4.79 Å². The normalized spacial score (nSPS) is 17.1. The largest absolute Gasteiger partial charge is 0.471 e. The predicted molar refractivity (Wildman–Crippen MR) is 85.5 cm³/mol. The van der Waals surface area contributed by atoms with Gasteiger partial charge in [0.05, 0.1) is 18.9 Å². The molecule has 0 bridgehead atoms. The van der Waals surface area contributed by atoms with Gasteiger partial charge in [-0.25, -0.2) is 0 Å². The first-order chi connectivity index (χ1) is 11.1. The first-order valence-electron chi connectivity index (χ1n) is 7.49. The Labute approximate surface area is 134 Å². The molecule has 7 heteroatoms. The Morgan fingerprint density at radius 3 is 2.78 bits per heavy atom. The van der Waals surface area contributed by atoms with E-state index in [-0.39, 0.29) is 12.0 Å². The van der Waals surface area contributed by atoms with Gasteiger partial charge in [0.25, 0.3) is 5.91 Å². The molecule has 0 aliphatic carbocycles. The molecular formula is C16H19N5O2. The molecule has 23 heavy (non-hydrogen) atoms. The van der Waals surface area contributed by atoms with Crippen molar-refractivity contribution in [2.75, 3.05) is 32.1 Å². The van der Waals surface area contributed by atoms with Gasteiger partial charge in [0.2, 0.25) is 5.88 Å². The monoisotopic (exact) mass is 313 g/mol. The van der Waals surface area contributed by atoms with E-state index >= 15 is 0 Å². The van der Waals surface area contributed by atoms with Gasteiger partial charge in [0.15, 0.2) is 5.82 Å². The van der Waals surface area contributed by atoms with Crippen molar-refractivity contribution in [1.29, 1.82) is 0 Å². The Bertz CT molecular complexity index is 677. The van der Waals surface area contributed by atoms with Gasteiger partial charge in [-0.15, -0.1) is 0 Å². The zero-order valence-corrected chi connectivity index (χ0v) is 13.2. The number of hydrogen-bond acceptors (Lipinski definition) is 6. The number of carbonyl (C=O) groups excluding carboxylic acids is 1. The van der Waals surface area contributed by atoms with Crippen molar-refractivity contribution in [2.45, 2.75) is 12.5 Å². The molecule has 1 unspecified atom stereocenters. The molecule has 1 amide bonds. The molecule has 2 aromatic rings. The number of rotatable bonds is 4. The third-order valence-corrected chi connectivity index (χ3v) is 3.70. The highest BCUT2D eigenvalue weighted by molar-refractivity contribution is 5.94. The van der Waals surface area contributed by atoms with Gasteiger partial charge >= 0.3 is 0 Å². The SMILES string of the molecule is CN(C)c1cncc(OC2CCN(C(=O)c3ccncc3)C2)n1. The number of anilines is 1. The molecular weight excluding hydrogens is 294 g/mol. The Balaban J connectivity index is 1.62. The summed E-state index contributed by atoms with van der Waals surface area (Å²) in [6.07, 6.45) is 7.25. The van der Waals surface area contributed by atoms with Crippen molar-refractivity contribution in [3.63, 3.8) is 0 Å². The summed E-state index contributed by atoms with van der Waals surface area (Å²) in [4.78, 5) is 28.5. The van der Waals surface area contributed by atoms with Gasteiger partial charge in [-0.3, -0.25) is 14.8 Å². The fourth-order valence-electron chi connectivity index (χ4n) is 2.47. The summed E-state index contributed by atoms with van der Waals surface area (Å²) in [7, 11) is 3.80. The molecule has 0 aromatic carbocycles. The lowest BCUT2D eigenvalue weighted by Crippen LogP contribution is -2.31. The first-order valence-corrected chi connectivity index (χ1v) is 7.49. The summed E-state index contributed by atoms with van der Waals surface area (Å²) in [5.74, 6) is 1.23. The van der Waals surface area contributed by atoms with Crippen LogP contribution in [-0.4, -0.2) is 59.0 Å². The minimum atomic E-state index is -0.0625. The summed E-state index contributed by atoms with van der Waals surface area (Å²) in [5, 5.41) is 0. The maximum Gasteiger partial charge on any atom is 0.254 e. The van der Waals surface area contributed by atoms with Crippen LogP contribution in [0.2, 0.25) is 0 Å². The van der Waals surface area contributed by atoms with Crippen LogP contribution in [0.25, 0.3) is 0 Å². The van der Waals surface area contributed by atoms with E-state index in [1.54, 1.807) is 41.8 Å². The maximum absolute atomic E-state index is 12.4. The van der Waals surface area contributed by atoms with Crippen LogP contribution in [-0.2, 0) is 0 Å². The molecule has 3 heterocycles. The lowest BCUT2D eigenvalue weighted by atomic mass is 10.2. The lowest BCUT2D eigenvalue weighted by Gasteiger charge is -2.17. The summed E-state index contributed by atoms with van der Waals surface area (Å²) >= 11 is 0. The third kappa shape index (κ3) is 3.56. The molecule has 1 aliphatic rings. The van der Waals surface area contributed by atoms with Crippen molar-refractivity contribution in [1.82, 2.24) is 19.9 Å². The van der Waals surface area contributed by atoms with Crippen molar-refractivity contribution < 1.29 is 9.53 Å². The van der Waals surface area contributed by atoms with Crippen LogP contribution >= 0.6 is 0 Å². The summed E-state index contributed by atoms with van der Waals surface area (Å²) in [5.41, 5.74) is 0.648. The molecule has 0 N–H and O–H groups in total. The van der Waals surface area contributed by atoms with E-state index in [1.807, 2.05) is 19.0 Å². The zero-order chi connectivity index (χ0) is 16.2. The zero-order valence-electron chi connectivity index (χ0n) is 13.2. The summed E-state index contributed by atoms with van der Waals surface area (Å²) in [6.45, 7) is 1.22. The number of nitrogens with zero attached hydrogens (tertiary/aromatic N) is 5. The molecule has 2 aromatic heterocycles. The molecule has 120 valence electrons. The fourth-order valence-corrected chi connectivity index (χ4v) is 2.47. The molecule has 0 saturated carbocycles. The molecule has 0 spiro atoms. The average molecular weight is 313 g/mol. The van der Waals surface area contributed by atoms with E-state index in [4.69, 9.17) is 4.74 Å². The topological polar surface area (TPSA) is 71.5 Å². The van der Waals surface area contributed by atoms with E-state index in [0.29, 0.717) is 24.5 Å². The molecule has 7 nitrogen and oxygen atoms in total. The number of aromatic nitrogens is 3. The number of hydrogen-bond donors (Lipinski definition) is 0. The number of pyridine rings is 1. The second-order valence-corrected chi connectivity index (χ2v) is 5.63. The predicted octanol–water partition coefficient (Wildman–Crippen LogP) is 1.23. The quantitative estimate of drug-likeness (QED) is 0.845. The van der Waals surface area contributed by atoms with E-state index < -0.39 is 0 Å². The van der Waals surface area contributed by atoms with Gasteiger partial charge in [-0.05, 0) is 12.1 Å². The smallest absolute Gasteiger partial charge is 0.254 e. The number of carbonyl (C=O) groups is 1. The van der Waals surface area contributed by atoms with Crippen LogP contribution in [0, 0.1) is 0 Å². The summed E-state index contributed by atoms with van der Waals surface area (Å²) in [6, 6.07) is 3.45. The van der Waals surface area contributed by atoms with Crippen molar-refractivity contribution >= 4 is 11.7 Å². The second-order valence-electron chi connectivity index (χ2n) is 5.63. The maximum atomic E-state index is 12.4.